The van der Waals surface area contributed by atoms with Gasteiger partial charge in [0.1, 0.15) is 6.04 Å². The number of unbranched alkanes of at least 4 members (excludes halogenated alkanes) is 1. The SMILES string of the molecule is NCCCCC(N)C(=O)O.O=C=O. The van der Waals surface area contributed by atoms with Gasteiger partial charge in [0, 0.05) is 0 Å². The number of nitrogens with two attached hydrogens (primary N) is 2. The molecule has 6 nitrogen and oxygen atoms in total. The summed E-state index contributed by atoms with van der Waals surface area (Å²) in [4.78, 5) is 26.4. The van der Waals surface area contributed by atoms with Gasteiger partial charge in [0.05, 0.1) is 0 Å². The monoisotopic (exact) mass is 190 g/mol. The van der Waals surface area contributed by atoms with Crippen LogP contribution in [-0.4, -0.2) is 29.8 Å². The Morgan fingerprint density at radius 1 is 1.38 bits per heavy atom. The minimum atomic E-state index is -0.933. The Kier molecular flexibility index (Phi) is 11.8. The van der Waals surface area contributed by atoms with Crippen LogP contribution in [0.5, 0.6) is 0 Å². The molecule has 0 aromatic heterocycles. The minimum absolute atomic E-state index is 0.250. The molecule has 1 atom stereocenters. The third-order valence-corrected chi connectivity index (χ3v) is 1.29. The number of hydrogen-bond acceptors (Lipinski definition) is 5. The first kappa shape index (κ1) is 14.3. The van der Waals surface area contributed by atoms with E-state index in [1.165, 1.54) is 0 Å². The molecule has 0 aliphatic rings. The first-order chi connectivity index (χ1) is 6.09. The topological polar surface area (TPSA) is 123 Å². The average molecular weight is 190 g/mol. The van der Waals surface area contributed by atoms with Crippen LogP contribution in [0.15, 0.2) is 0 Å². The van der Waals surface area contributed by atoms with E-state index in [2.05, 4.69) is 0 Å². The molecule has 0 aromatic carbocycles. The van der Waals surface area contributed by atoms with E-state index in [0.717, 1.165) is 12.8 Å². The summed E-state index contributed by atoms with van der Waals surface area (Å²) in [5.74, 6) is -0.933. The van der Waals surface area contributed by atoms with Crippen LogP contribution in [0.4, 0.5) is 0 Å². The van der Waals surface area contributed by atoms with Crippen LogP contribution in [-0.2, 0) is 14.4 Å². The van der Waals surface area contributed by atoms with E-state index < -0.39 is 12.0 Å². The summed E-state index contributed by atoms with van der Waals surface area (Å²) in [7, 11) is 0. The van der Waals surface area contributed by atoms with Crippen molar-refractivity contribution in [2.45, 2.75) is 25.3 Å². The minimum Gasteiger partial charge on any atom is -0.480 e. The summed E-state index contributed by atoms with van der Waals surface area (Å²) < 4.78 is 0. The maximum absolute atomic E-state index is 10.1. The fourth-order valence-corrected chi connectivity index (χ4v) is 0.632. The highest BCUT2D eigenvalue weighted by atomic mass is 16.4. The number of rotatable bonds is 5. The summed E-state index contributed by atoms with van der Waals surface area (Å²) in [6.45, 7) is 0.604. The van der Waals surface area contributed by atoms with Crippen molar-refractivity contribution in [3.05, 3.63) is 0 Å². The van der Waals surface area contributed by atoms with Gasteiger partial charge >= 0.3 is 12.1 Å². The van der Waals surface area contributed by atoms with Crippen molar-refractivity contribution >= 4 is 12.1 Å². The highest BCUT2D eigenvalue weighted by Crippen LogP contribution is 1.96. The molecule has 0 bridgehead atoms. The largest absolute Gasteiger partial charge is 0.480 e. The van der Waals surface area contributed by atoms with Crippen molar-refractivity contribution in [2.24, 2.45) is 11.5 Å². The van der Waals surface area contributed by atoms with E-state index in [1.54, 1.807) is 0 Å². The van der Waals surface area contributed by atoms with Crippen molar-refractivity contribution in [3.8, 4) is 0 Å². The molecule has 0 saturated heterocycles. The smallest absolute Gasteiger partial charge is 0.373 e. The van der Waals surface area contributed by atoms with Gasteiger partial charge in [-0.05, 0) is 19.4 Å². The van der Waals surface area contributed by atoms with E-state index in [-0.39, 0.29) is 6.15 Å². The summed E-state index contributed by atoms with van der Waals surface area (Å²) in [6.07, 6.45) is 2.41. The molecule has 0 fully saturated rings. The molecule has 0 aliphatic carbocycles. The van der Waals surface area contributed by atoms with Crippen LogP contribution in [0.25, 0.3) is 0 Å². The molecule has 0 spiro atoms. The lowest BCUT2D eigenvalue weighted by Crippen LogP contribution is -2.29. The van der Waals surface area contributed by atoms with Crippen LogP contribution in [0.1, 0.15) is 19.3 Å². The highest BCUT2D eigenvalue weighted by molar-refractivity contribution is 5.72. The van der Waals surface area contributed by atoms with Gasteiger partial charge in [0.15, 0.2) is 0 Å². The van der Waals surface area contributed by atoms with Gasteiger partial charge in [0.25, 0.3) is 0 Å². The van der Waals surface area contributed by atoms with Gasteiger partial charge in [-0.25, -0.2) is 0 Å². The Balaban J connectivity index is 0. The molecule has 13 heavy (non-hydrogen) atoms. The summed E-state index contributed by atoms with van der Waals surface area (Å²) in [6, 6.07) is -0.716. The van der Waals surface area contributed by atoms with Crippen molar-refractivity contribution in [1.82, 2.24) is 0 Å². The molecule has 6 heteroatoms. The van der Waals surface area contributed by atoms with Crippen LogP contribution in [0, 0.1) is 0 Å². The molecule has 0 saturated carbocycles. The zero-order chi connectivity index (χ0) is 10.7. The molecule has 0 heterocycles. The summed E-state index contributed by atoms with van der Waals surface area (Å²) in [5, 5.41) is 8.33. The van der Waals surface area contributed by atoms with Crippen molar-refractivity contribution < 1.29 is 19.5 Å². The van der Waals surface area contributed by atoms with Crippen LogP contribution < -0.4 is 11.5 Å². The van der Waals surface area contributed by atoms with Gasteiger partial charge < -0.3 is 16.6 Å². The number of hydrogen-bond donors (Lipinski definition) is 3. The average Bonchev–Trinajstić information content (AvgIpc) is 2.06. The number of carboxylic acid groups (broad SMARTS) is 1. The fourth-order valence-electron chi connectivity index (χ4n) is 0.632. The van der Waals surface area contributed by atoms with Gasteiger partial charge in [-0.1, -0.05) is 6.42 Å². The van der Waals surface area contributed by atoms with E-state index >= 15 is 0 Å². The fraction of sp³-hybridized carbons (Fsp3) is 0.714. The number of aliphatic carboxylic acids is 1. The number of carbonyl (C=O) groups is 1. The van der Waals surface area contributed by atoms with Gasteiger partial charge in [-0.3, -0.25) is 4.79 Å². The van der Waals surface area contributed by atoms with Gasteiger partial charge in [-0.15, -0.1) is 0 Å². The second-order valence-corrected chi connectivity index (χ2v) is 2.31. The summed E-state index contributed by atoms with van der Waals surface area (Å²) >= 11 is 0. The predicted octanol–water partition coefficient (Wildman–Crippen LogP) is -1.06. The number of carbonyl (C=O) groups excluding carboxylic acids is 2. The van der Waals surface area contributed by atoms with E-state index in [0.29, 0.717) is 13.0 Å². The molecular formula is C7H14N2O4. The molecular weight excluding hydrogens is 176 g/mol. The lowest BCUT2D eigenvalue weighted by atomic mass is 10.1. The quantitative estimate of drug-likeness (QED) is 0.475. The van der Waals surface area contributed by atoms with Crippen molar-refractivity contribution in [1.29, 1.82) is 0 Å². The third kappa shape index (κ3) is 13.7. The van der Waals surface area contributed by atoms with Crippen molar-refractivity contribution in [3.63, 3.8) is 0 Å². The zero-order valence-electron chi connectivity index (χ0n) is 7.23. The van der Waals surface area contributed by atoms with Crippen LogP contribution in [0.3, 0.4) is 0 Å². The van der Waals surface area contributed by atoms with Gasteiger partial charge in [0.2, 0.25) is 0 Å². The predicted molar refractivity (Wildman–Crippen MR) is 43.5 cm³/mol. The third-order valence-electron chi connectivity index (χ3n) is 1.29. The Bertz CT molecular complexity index is 166. The standard InChI is InChI=1S/C6H14N2O2.CO2/c7-4-2-1-3-5(8)6(9)10;2-1-3/h5H,1-4,7-8H2,(H,9,10);. The maximum atomic E-state index is 10.1. The van der Waals surface area contributed by atoms with E-state index in [9.17, 15) is 4.79 Å². The van der Waals surface area contributed by atoms with E-state index in [4.69, 9.17) is 26.2 Å². The molecule has 0 rings (SSSR count). The molecule has 76 valence electrons. The normalized spacial score (nSPS) is 10.6. The molecule has 0 radical (unpaired) electrons. The lowest BCUT2D eigenvalue weighted by molar-refractivity contribution is -0.191. The van der Waals surface area contributed by atoms with Gasteiger partial charge in [-0.2, -0.15) is 9.59 Å². The second-order valence-electron chi connectivity index (χ2n) is 2.31. The zero-order valence-corrected chi connectivity index (χ0v) is 7.23. The summed E-state index contributed by atoms with van der Waals surface area (Å²) in [5.41, 5.74) is 10.4. The van der Waals surface area contributed by atoms with Crippen LogP contribution >= 0.6 is 0 Å². The van der Waals surface area contributed by atoms with E-state index in [1.807, 2.05) is 0 Å². The second kappa shape index (κ2) is 10.8. The number of carboxylic acids is 1. The highest BCUT2D eigenvalue weighted by Gasteiger charge is 2.09. The van der Waals surface area contributed by atoms with Crippen molar-refractivity contribution in [2.75, 3.05) is 6.54 Å². The molecule has 0 aliphatic heterocycles. The first-order valence-corrected chi connectivity index (χ1v) is 3.77. The molecule has 5 N–H and O–H groups in total. The Hall–Kier alpha value is -1.23. The first-order valence-electron chi connectivity index (χ1n) is 3.77. The Morgan fingerprint density at radius 2 is 1.85 bits per heavy atom. The lowest BCUT2D eigenvalue weighted by Gasteiger charge is -2.03. The molecule has 1 unspecified atom stereocenters. The maximum Gasteiger partial charge on any atom is 0.373 e. The Morgan fingerprint density at radius 3 is 2.15 bits per heavy atom. The Labute approximate surface area is 75.9 Å². The van der Waals surface area contributed by atoms with Crippen LogP contribution in [0.2, 0.25) is 0 Å². The molecule has 0 amide bonds. The molecule has 0 aromatic rings.